The number of aliphatic hydroxyl groups is 3. The van der Waals surface area contributed by atoms with E-state index >= 15 is 0 Å². The van der Waals surface area contributed by atoms with E-state index in [0.717, 1.165) is 5.57 Å². The van der Waals surface area contributed by atoms with Crippen LogP contribution < -0.4 is 0 Å². The van der Waals surface area contributed by atoms with Crippen LogP contribution in [0.5, 0.6) is 0 Å². The number of hydrogen-bond acceptors (Lipinski definition) is 4. The van der Waals surface area contributed by atoms with E-state index in [2.05, 4.69) is 19.6 Å². The molecule has 0 aliphatic rings. The van der Waals surface area contributed by atoms with Crippen LogP contribution in [-0.4, -0.2) is 21.4 Å². The molecule has 0 spiro atoms. The molecule has 0 fully saturated rings. The standard InChI is InChI=1S/C16H24O4/c1-11(2)13(9-12(3)18)5-4-6-15(19)16-8-7-14(10-17)20-16/h4,7-8,11-12,15,17-19H,6,9-10H2,1-3H3/t5?,12-,15+/m0/s1. The van der Waals surface area contributed by atoms with Gasteiger partial charge >= 0.3 is 0 Å². The summed E-state index contributed by atoms with van der Waals surface area (Å²) >= 11 is 0. The summed E-state index contributed by atoms with van der Waals surface area (Å²) in [5.41, 5.74) is 4.18. The number of furan rings is 1. The lowest BCUT2D eigenvalue weighted by Gasteiger charge is -2.10. The molecule has 0 amide bonds. The zero-order valence-electron chi connectivity index (χ0n) is 12.3. The van der Waals surface area contributed by atoms with Crippen molar-refractivity contribution in [1.82, 2.24) is 0 Å². The molecule has 0 aromatic carbocycles. The van der Waals surface area contributed by atoms with Crippen molar-refractivity contribution in [1.29, 1.82) is 0 Å². The van der Waals surface area contributed by atoms with E-state index in [1.54, 1.807) is 25.1 Å². The van der Waals surface area contributed by atoms with Gasteiger partial charge in [-0.25, -0.2) is 0 Å². The zero-order chi connectivity index (χ0) is 15.1. The molecule has 4 nitrogen and oxygen atoms in total. The van der Waals surface area contributed by atoms with E-state index in [1.165, 1.54) is 0 Å². The summed E-state index contributed by atoms with van der Waals surface area (Å²) in [6, 6.07) is 3.30. The monoisotopic (exact) mass is 280 g/mol. The Kier molecular flexibility index (Phi) is 6.76. The number of hydrogen-bond donors (Lipinski definition) is 3. The van der Waals surface area contributed by atoms with Gasteiger partial charge in [-0.2, -0.15) is 0 Å². The van der Waals surface area contributed by atoms with Gasteiger partial charge in [-0.05, 0) is 36.6 Å². The third-order valence-corrected chi connectivity index (χ3v) is 3.01. The molecule has 0 saturated heterocycles. The van der Waals surface area contributed by atoms with E-state index in [0.29, 0.717) is 30.3 Å². The largest absolute Gasteiger partial charge is 0.461 e. The van der Waals surface area contributed by atoms with Crippen LogP contribution in [0.25, 0.3) is 0 Å². The quantitative estimate of drug-likeness (QED) is 0.671. The second-order valence-corrected chi connectivity index (χ2v) is 5.30. The first kappa shape index (κ1) is 16.7. The molecule has 0 radical (unpaired) electrons. The maximum absolute atomic E-state index is 9.96. The highest BCUT2D eigenvalue weighted by Crippen LogP contribution is 2.20. The van der Waals surface area contributed by atoms with Crippen molar-refractivity contribution in [3.8, 4) is 0 Å². The number of aliphatic hydroxyl groups excluding tert-OH is 3. The molecule has 0 bridgehead atoms. The molecule has 0 unspecified atom stereocenters. The van der Waals surface area contributed by atoms with Gasteiger partial charge in [-0.15, -0.1) is 5.73 Å². The minimum Gasteiger partial charge on any atom is -0.461 e. The van der Waals surface area contributed by atoms with Crippen LogP contribution in [0.2, 0.25) is 0 Å². The predicted octanol–water partition coefficient (Wildman–Crippen LogP) is 2.70. The van der Waals surface area contributed by atoms with Gasteiger partial charge in [0, 0.05) is 12.8 Å². The van der Waals surface area contributed by atoms with E-state index in [-0.39, 0.29) is 6.61 Å². The van der Waals surface area contributed by atoms with Gasteiger partial charge in [-0.3, -0.25) is 0 Å². The van der Waals surface area contributed by atoms with Gasteiger partial charge < -0.3 is 19.7 Å². The molecule has 4 heteroatoms. The Hall–Kier alpha value is -1.32. The highest BCUT2D eigenvalue weighted by molar-refractivity contribution is 5.11. The second kappa shape index (κ2) is 8.08. The summed E-state index contributed by atoms with van der Waals surface area (Å²) in [6.45, 7) is 5.68. The molecule has 1 aromatic rings. The highest BCUT2D eigenvalue weighted by Gasteiger charge is 2.11. The van der Waals surface area contributed by atoms with Crippen molar-refractivity contribution in [3.05, 3.63) is 41.0 Å². The van der Waals surface area contributed by atoms with Crippen molar-refractivity contribution in [3.63, 3.8) is 0 Å². The molecule has 0 aliphatic carbocycles. The zero-order valence-corrected chi connectivity index (χ0v) is 12.3. The van der Waals surface area contributed by atoms with Gasteiger partial charge in [-0.1, -0.05) is 13.8 Å². The molecule has 20 heavy (non-hydrogen) atoms. The van der Waals surface area contributed by atoms with E-state index in [4.69, 9.17) is 9.52 Å². The van der Waals surface area contributed by atoms with Crippen LogP contribution in [0.15, 0.2) is 33.9 Å². The summed E-state index contributed by atoms with van der Waals surface area (Å²) in [5.74, 6) is 1.19. The Balaban J connectivity index is 2.69. The Morgan fingerprint density at radius 2 is 2.00 bits per heavy atom. The van der Waals surface area contributed by atoms with Crippen LogP contribution in [-0.2, 0) is 6.61 Å². The molecule has 0 aliphatic heterocycles. The van der Waals surface area contributed by atoms with Crippen LogP contribution in [0.1, 0.15) is 51.2 Å². The first-order valence-corrected chi connectivity index (χ1v) is 6.93. The molecule has 1 heterocycles. The molecule has 2 atom stereocenters. The molecule has 1 rings (SSSR count). The van der Waals surface area contributed by atoms with Crippen LogP contribution in [0.4, 0.5) is 0 Å². The molecular weight excluding hydrogens is 256 g/mol. The summed E-state index contributed by atoms with van der Waals surface area (Å²) < 4.78 is 5.27. The maximum Gasteiger partial charge on any atom is 0.133 e. The van der Waals surface area contributed by atoms with E-state index in [1.807, 2.05) is 0 Å². The SMILES string of the molecule is CC(C)C(=C=CC[C@@H](O)c1ccc(CO)o1)C[C@H](C)O. The topological polar surface area (TPSA) is 73.8 Å². The van der Waals surface area contributed by atoms with Gasteiger partial charge in [0.2, 0.25) is 0 Å². The van der Waals surface area contributed by atoms with Gasteiger partial charge in [0.15, 0.2) is 0 Å². The second-order valence-electron chi connectivity index (χ2n) is 5.30. The first-order valence-electron chi connectivity index (χ1n) is 6.93. The van der Waals surface area contributed by atoms with E-state index in [9.17, 15) is 10.2 Å². The average molecular weight is 280 g/mol. The van der Waals surface area contributed by atoms with Crippen LogP contribution in [0, 0.1) is 5.92 Å². The Labute approximate surface area is 120 Å². The smallest absolute Gasteiger partial charge is 0.133 e. The first-order chi connectivity index (χ1) is 9.43. The fourth-order valence-corrected chi connectivity index (χ4v) is 1.86. The molecular formula is C16H24O4. The molecule has 1 aromatic heterocycles. The van der Waals surface area contributed by atoms with Gasteiger partial charge in [0.05, 0.1) is 6.10 Å². The lowest BCUT2D eigenvalue weighted by molar-refractivity contribution is 0.145. The van der Waals surface area contributed by atoms with Crippen LogP contribution >= 0.6 is 0 Å². The minimum atomic E-state index is -0.747. The lowest BCUT2D eigenvalue weighted by Crippen LogP contribution is -2.04. The molecule has 3 N–H and O–H groups in total. The minimum absolute atomic E-state index is 0.172. The average Bonchev–Trinajstić information content (AvgIpc) is 2.85. The summed E-state index contributed by atoms with van der Waals surface area (Å²) in [4.78, 5) is 0. The molecule has 112 valence electrons. The summed E-state index contributed by atoms with van der Waals surface area (Å²) in [7, 11) is 0. The van der Waals surface area contributed by atoms with Gasteiger partial charge in [0.1, 0.15) is 24.2 Å². The fourth-order valence-electron chi connectivity index (χ4n) is 1.86. The Morgan fingerprint density at radius 1 is 1.30 bits per heavy atom. The van der Waals surface area contributed by atoms with E-state index < -0.39 is 12.2 Å². The van der Waals surface area contributed by atoms with Crippen molar-refractivity contribution in [2.24, 2.45) is 5.92 Å². The normalized spacial score (nSPS) is 13.9. The molecule has 0 saturated carbocycles. The highest BCUT2D eigenvalue weighted by atomic mass is 16.4. The summed E-state index contributed by atoms with van der Waals surface area (Å²) in [5, 5.41) is 28.3. The van der Waals surface area contributed by atoms with Crippen molar-refractivity contribution < 1.29 is 19.7 Å². The third-order valence-electron chi connectivity index (χ3n) is 3.01. The van der Waals surface area contributed by atoms with Crippen LogP contribution in [0.3, 0.4) is 0 Å². The van der Waals surface area contributed by atoms with Crippen molar-refractivity contribution in [2.75, 3.05) is 0 Å². The third kappa shape index (κ3) is 5.35. The lowest BCUT2D eigenvalue weighted by atomic mass is 9.98. The Morgan fingerprint density at radius 3 is 2.50 bits per heavy atom. The van der Waals surface area contributed by atoms with Gasteiger partial charge in [0.25, 0.3) is 0 Å². The summed E-state index contributed by atoms with van der Waals surface area (Å²) in [6.07, 6.45) is 1.59. The Bertz CT molecular complexity index is 465. The fraction of sp³-hybridized carbons (Fsp3) is 0.562. The number of rotatable bonds is 7. The predicted molar refractivity (Wildman–Crippen MR) is 76.9 cm³/mol. The maximum atomic E-state index is 9.96. The van der Waals surface area contributed by atoms with Crippen molar-refractivity contribution in [2.45, 2.75) is 52.4 Å². The van der Waals surface area contributed by atoms with Crippen molar-refractivity contribution >= 4 is 0 Å².